The van der Waals surface area contributed by atoms with Crippen molar-refractivity contribution in [1.82, 2.24) is 0 Å². The van der Waals surface area contributed by atoms with Crippen LogP contribution in [0.1, 0.15) is 36.0 Å². The van der Waals surface area contributed by atoms with Crippen LogP contribution < -0.4 is 5.32 Å². The van der Waals surface area contributed by atoms with Crippen molar-refractivity contribution in [3.05, 3.63) is 29.8 Å². The summed E-state index contributed by atoms with van der Waals surface area (Å²) in [5, 5.41) is 3.45. The molecule has 1 aliphatic carbocycles. The third kappa shape index (κ3) is 3.47. The molecule has 0 aliphatic heterocycles. The van der Waals surface area contributed by atoms with E-state index in [1.54, 1.807) is 13.2 Å². The highest BCUT2D eigenvalue weighted by atomic mass is 16.5. The lowest BCUT2D eigenvalue weighted by Crippen LogP contribution is -2.31. The summed E-state index contributed by atoms with van der Waals surface area (Å²) in [6, 6.07) is 7.82. The molecule has 1 aromatic carbocycles. The first-order chi connectivity index (χ1) is 9.24. The molecule has 0 saturated heterocycles. The van der Waals surface area contributed by atoms with Crippen LogP contribution in [0, 0.1) is 0 Å². The second-order valence-electron chi connectivity index (χ2n) is 4.90. The molecule has 2 atom stereocenters. The highest BCUT2D eigenvalue weighted by Crippen LogP contribution is 2.25. The van der Waals surface area contributed by atoms with Gasteiger partial charge < -0.3 is 14.8 Å². The fraction of sp³-hybridized carbons (Fsp3) is 0.533. The molecular formula is C15H21NO3. The first kappa shape index (κ1) is 13.9. The molecule has 0 amide bonds. The molecule has 4 heteroatoms. The van der Waals surface area contributed by atoms with Crippen molar-refractivity contribution in [3.8, 4) is 0 Å². The van der Waals surface area contributed by atoms with Crippen molar-refractivity contribution in [2.24, 2.45) is 0 Å². The second-order valence-corrected chi connectivity index (χ2v) is 4.90. The van der Waals surface area contributed by atoms with Crippen molar-refractivity contribution in [2.45, 2.75) is 37.8 Å². The van der Waals surface area contributed by atoms with Gasteiger partial charge in [0.15, 0.2) is 0 Å². The molecule has 1 fully saturated rings. The van der Waals surface area contributed by atoms with Crippen LogP contribution in [0.15, 0.2) is 24.3 Å². The van der Waals surface area contributed by atoms with Crippen molar-refractivity contribution in [1.29, 1.82) is 0 Å². The lowest BCUT2D eigenvalue weighted by molar-refractivity contribution is 0.0601. The van der Waals surface area contributed by atoms with Gasteiger partial charge in [-0.05, 0) is 37.8 Å². The SMILES string of the molecule is COC(=O)c1ccccc1NC1CCCC(OC)C1. The number of benzene rings is 1. The molecule has 0 aromatic heterocycles. The van der Waals surface area contributed by atoms with Gasteiger partial charge in [-0.1, -0.05) is 12.1 Å². The summed E-state index contributed by atoms with van der Waals surface area (Å²) in [5.41, 5.74) is 1.43. The fourth-order valence-electron chi connectivity index (χ4n) is 2.61. The summed E-state index contributed by atoms with van der Waals surface area (Å²) < 4.78 is 10.2. The van der Waals surface area contributed by atoms with Crippen LogP contribution in [-0.4, -0.2) is 32.3 Å². The molecule has 19 heavy (non-hydrogen) atoms. The molecule has 1 aliphatic rings. The summed E-state index contributed by atoms with van der Waals surface area (Å²) in [5.74, 6) is -0.304. The number of hydrogen-bond acceptors (Lipinski definition) is 4. The van der Waals surface area contributed by atoms with Crippen LogP contribution in [0.2, 0.25) is 0 Å². The summed E-state index contributed by atoms with van der Waals surface area (Å²) >= 11 is 0. The maximum absolute atomic E-state index is 11.7. The Morgan fingerprint density at radius 3 is 2.79 bits per heavy atom. The number of esters is 1. The maximum Gasteiger partial charge on any atom is 0.339 e. The largest absolute Gasteiger partial charge is 0.465 e. The number of hydrogen-bond donors (Lipinski definition) is 1. The number of ether oxygens (including phenoxy) is 2. The van der Waals surface area contributed by atoms with Crippen LogP contribution in [0.3, 0.4) is 0 Å². The van der Waals surface area contributed by atoms with E-state index in [1.165, 1.54) is 7.11 Å². The van der Waals surface area contributed by atoms with Gasteiger partial charge in [-0.3, -0.25) is 0 Å². The van der Waals surface area contributed by atoms with Gasteiger partial charge in [0.1, 0.15) is 0 Å². The van der Waals surface area contributed by atoms with Crippen LogP contribution in [0.25, 0.3) is 0 Å². The van der Waals surface area contributed by atoms with E-state index in [4.69, 9.17) is 9.47 Å². The highest BCUT2D eigenvalue weighted by Gasteiger charge is 2.22. The molecule has 0 heterocycles. The number of methoxy groups -OCH3 is 2. The van der Waals surface area contributed by atoms with E-state index in [0.29, 0.717) is 17.7 Å². The van der Waals surface area contributed by atoms with Gasteiger partial charge in [-0.25, -0.2) is 4.79 Å². The predicted molar refractivity (Wildman–Crippen MR) is 74.5 cm³/mol. The molecule has 4 nitrogen and oxygen atoms in total. The van der Waals surface area contributed by atoms with E-state index in [1.807, 2.05) is 18.2 Å². The van der Waals surface area contributed by atoms with Crippen LogP contribution in [0.5, 0.6) is 0 Å². The Kier molecular flexibility index (Phi) is 4.80. The van der Waals surface area contributed by atoms with Crippen molar-refractivity contribution in [2.75, 3.05) is 19.5 Å². The lowest BCUT2D eigenvalue weighted by Gasteiger charge is -2.30. The number of carbonyl (C=O) groups excluding carboxylic acids is 1. The van der Waals surface area contributed by atoms with Crippen molar-refractivity contribution in [3.63, 3.8) is 0 Å². The first-order valence-electron chi connectivity index (χ1n) is 6.71. The van der Waals surface area contributed by atoms with Gasteiger partial charge in [0, 0.05) is 18.8 Å². The van der Waals surface area contributed by atoms with Gasteiger partial charge in [-0.2, -0.15) is 0 Å². The van der Waals surface area contributed by atoms with Crippen LogP contribution in [-0.2, 0) is 9.47 Å². The summed E-state index contributed by atoms with van der Waals surface area (Å²) in [7, 11) is 3.16. The third-order valence-electron chi connectivity index (χ3n) is 3.65. The molecule has 104 valence electrons. The Bertz CT molecular complexity index is 433. The first-order valence-corrected chi connectivity index (χ1v) is 6.71. The normalized spacial score (nSPS) is 22.8. The molecular weight excluding hydrogens is 242 g/mol. The van der Waals surface area contributed by atoms with E-state index >= 15 is 0 Å². The van der Waals surface area contributed by atoms with Gasteiger partial charge in [0.2, 0.25) is 0 Å². The Morgan fingerprint density at radius 2 is 2.05 bits per heavy atom. The van der Waals surface area contributed by atoms with E-state index < -0.39 is 0 Å². The van der Waals surface area contributed by atoms with E-state index in [9.17, 15) is 4.79 Å². The fourth-order valence-corrected chi connectivity index (χ4v) is 2.61. The molecule has 2 rings (SSSR count). The minimum absolute atomic E-state index is 0.304. The Morgan fingerprint density at radius 1 is 1.26 bits per heavy atom. The average molecular weight is 263 g/mol. The number of anilines is 1. The van der Waals surface area contributed by atoms with E-state index in [-0.39, 0.29) is 5.97 Å². The summed E-state index contributed by atoms with van der Waals surface area (Å²) in [4.78, 5) is 11.7. The lowest BCUT2D eigenvalue weighted by atomic mass is 9.92. The van der Waals surface area contributed by atoms with Gasteiger partial charge in [0.25, 0.3) is 0 Å². The summed E-state index contributed by atoms with van der Waals surface area (Å²) in [6.07, 6.45) is 4.67. The molecule has 2 unspecified atom stereocenters. The molecule has 0 bridgehead atoms. The second kappa shape index (κ2) is 6.57. The van der Waals surface area contributed by atoms with Crippen LogP contribution >= 0.6 is 0 Å². The molecule has 0 radical (unpaired) electrons. The molecule has 0 spiro atoms. The Balaban J connectivity index is 2.08. The minimum atomic E-state index is -0.304. The predicted octanol–water partition coefficient (Wildman–Crippen LogP) is 2.84. The third-order valence-corrected chi connectivity index (χ3v) is 3.65. The number of rotatable bonds is 4. The Labute approximate surface area is 114 Å². The smallest absolute Gasteiger partial charge is 0.339 e. The number of para-hydroxylation sites is 1. The summed E-state index contributed by atoms with van der Waals surface area (Å²) in [6.45, 7) is 0. The quantitative estimate of drug-likeness (QED) is 0.849. The van der Waals surface area contributed by atoms with Gasteiger partial charge in [-0.15, -0.1) is 0 Å². The van der Waals surface area contributed by atoms with Gasteiger partial charge >= 0.3 is 5.97 Å². The van der Waals surface area contributed by atoms with Crippen LogP contribution in [0.4, 0.5) is 5.69 Å². The number of carbonyl (C=O) groups is 1. The highest BCUT2D eigenvalue weighted by molar-refractivity contribution is 5.95. The number of nitrogens with one attached hydrogen (secondary N) is 1. The zero-order valence-electron chi connectivity index (χ0n) is 11.5. The average Bonchev–Trinajstić information content (AvgIpc) is 2.47. The van der Waals surface area contributed by atoms with E-state index in [0.717, 1.165) is 31.4 Å². The van der Waals surface area contributed by atoms with Crippen molar-refractivity contribution < 1.29 is 14.3 Å². The zero-order valence-corrected chi connectivity index (χ0v) is 11.5. The minimum Gasteiger partial charge on any atom is -0.465 e. The monoisotopic (exact) mass is 263 g/mol. The van der Waals surface area contributed by atoms with Crippen molar-refractivity contribution >= 4 is 11.7 Å². The zero-order chi connectivity index (χ0) is 13.7. The standard InChI is InChI=1S/C15H21NO3/c1-18-12-7-5-6-11(10-12)16-14-9-4-3-8-13(14)15(17)19-2/h3-4,8-9,11-12,16H,5-7,10H2,1-2H3. The molecule has 1 saturated carbocycles. The molecule has 1 aromatic rings. The molecule has 1 N–H and O–H groups in total. The van der Waals surface area contributed by atoms with E-state index in [2.05, 4.69) is 5.32 Å². The topological polar surface area (TPSA) is 47.6 Å². The maximum atomic E-state index is 11.7. The Hall–Kier alpha value is -1.55. The van der Waals surface area contributed by atoms with Gasteiger partial charge in [0.05, 0.1) is 18.8 Å².